The number of nitrogens with zero attached hydrogens (tertiary/aromatic N) is 1. The minimum Gasteiger partial charge on any atom is -0.480 e. The van der Waals surface area contributed by atoms with E-state index in [9.17, 15) is 19.3 Å². The van der Waals surface area contributed by atoms with Gasteiger partial charge < -0.3 is 19.3 Å². The molecule has 1 fully saturated rings. The standard InChI is InChI=1S/C20H30NO6P/c1-3-27-28(25,12-8-7-11-16-9-5-4-6-10-16)15-19(22)21-14-17(26-2)13-18(21)20(23)24/h4-6,9-10,17-18H,3,7-8,11-15H2,1-2H3,(H,23,24)/t17?,18-,28?/m0/s1. The van der Waals surface area contributed by atoms with Crippen LogP contribution in [0.25, 0.3) is 0 Å². The lowest BCUT2D eigenvalue weighted by Crippen LogP contribution is -2.42. The van der Waals surface area contributed by atoms with Gasteiger partial charge in [-0.3, -0.25) is 9.36 Å². The highest BCUT2D eigenvalue weighted by Gasteiger charge is 2.41. The predicted molar refractivity (Wildman–Crippen MR) is 107 cm³/mol. The number of hydrogen-bond acceptors (Lipinski definition) is 5. The fourth-order valence-corrected chi connectivity index (χ4v) is 5.67. The zero-order chi connectivity index (χ0) is 20.6. The van der Waals surface area contributed by atoms with Gasteiger partial charge in [-0.2, -0.15) is 0 Å². The lowest BCUT2D eigenvalue weighted by atomic mass is 10.1. The van der Waals surface area contributed by atoms with Gasteiger partial charge in [-0.25, -0.2) is 4.79 Å². The summed E-state index contributed by atoms with van der Waals surface area (Å²) in [7, 11) is -1.66. The van der Waals surface area contributed by atoms with Crippen LogP contribution in [0.2, 0.25) is 0 Å². The monoisotopic (exact) mass is 411 g/mol. The molecule has 1 aromatic carbocycles. The molecule has 0 radical (unpaired) electrons. The van der Waals surface area contributed by atoms with Crippen molar-refractivity contribution in [3.8, 4) is 0 Å². The van der Waals surface area contributed by atoms with Crippen LogP contribution in [0.15, 0.2) is 30.3 Å². The molecular formula is C20H30NO6P. The van der Waals surface area contributed by atoms with Crippen molar-refractivity contribution in [2.75, 3.05) is 32.6 Å². The molecule has 1 heterocycles. The molecule has 1 saturated heterocycles. The number of likely N-dealkylation sites (tertiary alicyclic amines) is 1. The number of carboxylic acids is 1. The maximum atomic E-state index is 13.2. The lowest BCUT2D eigenvalue weighted by Gasteiger charge is -2.24. The van der Waals surface area contributed by atoms with E-state index in [1.54, 1.807) is 6.92 Å². The molecule has 1 aliphatic heterocycles. The summed E-state index contributed by atoms with van der Waals surface area (Å²) < 4.78 is 23.9. The Morgan fingerprint density at radius 3 is 2.57 bits per heavy atom. The number of ether oxygens (including phenoxy) is 1. The summed E-state index contributed by atoms with van der Waals surface area (Å²) >= 11 is 0. The van der Waals surface area contributed by atoms with E-state index < -0.39 is 25.3 Å². The Bertz CT molecular complexity index is 695. The van der Waals surface area contributed by atoms with Crippen LogP contribution in [0.5, 0.6) is 0 Å². The molecule has 1 N–H and O–H groups in total. The molecule has 0 aliphatic carbocycles. The van der Waals surface area contributed by atoms with Crippen molar-refractivity contribution in [1.82, 2.24) is 4.90 Å². The zero-order valence-electron chi connectivity index (χ0n) is 16.6. The van der Waals surface area contributed by atoms with Gasteiger partial charge in [-0.15, -0.1) is 0 Å². The van der Waals surface area contributed by atoms with E-state index in [0.29, 0.717) is 12.6 Å². The fraction of sp³-hybridized carbons (Fsp3) is 0.600. The average Bonchev–Trinajstić information content (AvgIpc) is 3.11. The Labute approximate surface area is 166 Å². The number of aryl methyl sites for hydroxylation is 1. The Morgan fingerprint density at radius 2 is 1.96 bits per heavy atom. The highest BCUT2D eigenvalue weighted by atomic mass is 31.2. The Hall–Kier alpha value is -1.69. The number of aliphatic carboxylic acids is 1. The number of carbonyl (C=O) groups excluding carboxylic acids is 1. The first-order valence-electron chi connectivity index (χ1n) is 9.70. The van der Waals surface area contributed by atoms with Crippen molar-refractivity contribution >= 4 is 19.2 Å². The summed E-state index contributed by atoms with van der Waals surface area (Å²) in [6.45, 7) is 2.21. The molecule has 0 bridgehead atoms. The maximum Gasteiger partial charge on any atom is 0.326 e. The van der Waals surface area contributed by atoms with E-state index >= 15 is 0 Å². The summed E-state index contributed by atoms with van der Waals surface area (Å²) in [6, 6.07) is 9.11. The summed E-state index contributed by atoms with van der Waals surface area (Å²) in [4.78, 5) is 25.5. The number of carboxylic acid groups (broad SMARTS) is 1. The molecule has 7 nitrogen and oxygen atoms in total. The van der Waals surface area contributed by atoms with Gasteiger partial charge in [0, 0.05) is 26.2 Å². The third kappa shape index (κ3) is 6.43. The average molecular weight is 411 g/mol. The molecule has 1 aliphatic rings. The molecule has 0 saturated carbocycles. The molecule has 8 heteroatoms. The number of hydrogen-bond donors (Lipinski definition) is 1. The van der Waals surface area contributed by atoms with Crippen molar-refractivity contribution in [1.29, 1.82) is 0 Å². The summed E-state index contributed by atoms with van der Waals surface area (Å²) in [6.07, 6.45) is 2.40. The molecule has 2 rings (SSSR count). The molecule has 1 amide bonds. The molecule has 0 aromatic heterocycles. The van der Waals surface area contributed by atoms with Gasteiger partial charge in [-0.1, -0.05) is 30.3 Å². The van der Waals surface area contributed by atoms with Crippen LogP contribution in [-0.4, -0.2) is 66.6 Å². The van der Waals surface area contributed by atoms with Gasteiger partial charge in [0.2, 0.25) is 13.3 Å². The molecule has 3 atom stereocenters. The first-order valence-corrected chi connectivity index (χ1v) is 11.7. The third-order valence-electron chi connectivity index (χ3n) is 5.00. The van der Waals surface area contributed by atoms with Crippen molar-refractivity contribution < 1.29 is 28.5 Å². The van der Waals surface area contributed by atoms with E-state index in [1.807, 2.05) is 18.2 Å². The van der Waals surface area contributed by atoms with Gasteiger partial charge in [0.15, 0.2) is 0 Å². The molecule has 156 valence electrons. The van der Waals surface area contributed by atoms with E-state index in [0.717, 1.165) is 12.8 Å². The first kappa shape index (κ1) is 22.6. The summed E-state index contributed by atoms with van der Waals surface area (Å²) in [5.41, 5.74) is 1.22. The number of benzene rings is 1. The topological polar surface area (TPSA) is 93.1 Å². The van der Waals surface area contributed by atoms with Crippen LogP contribution in [-0.2, 0) is 29.8 Å². The number of carbonyl (C=O) groups is 2. The number of methoxy groups -OCH3 is 1. The van der Waals surface area contributed by atoms with E-state index in [4.69, 9.17) is 9.26 Å². The van der Waals surface area contributed by atoms with Crippen LogP contribution in [0, 0.1) is 0 Å². The van der Waals surface area contributed by atoms with E-state index in [2.05, 4.69) is 12.1 Å². The fourth-order valence-electron chi connectivity index (χ4n) is 3.53. The summed E-state index contributed by atoms with van der Waals surface area (Å²) in [5.74, 6) is -1.51. The predicted octanol–water partition coefficient (Wildman–Crippen LogP) is 3.02. The summed E-state index contributed by atoms with van der Waals surface area (Å²) in [5, 5.41) is 9.38. The van der Waals surface area contributed by atoms with E-state index in [1.165, 1.54) is 17.6 Å². The normalized spacial score (nSPS) is 21.4. The Morgan fingerprint density at radius 1 is 1.25 bits per heavy atom. The van der Waals surface area contributed by atoms with Gasteiger partial charge >= 0.3 is 5.97 Å². The van der Waals surface area contributed by atoms with Crippen molar-refractivity contribution in [3.05, 3.63) is 35.9 Å². The smallest absolute Gasteiger partial charge is 0.326 e. The molecule has 0 spiro atoms. The number of amides is 1. The van der Waals surface area contributed by atoms with Crippen molar-refractivity contribution in [3.63, 3.8) is 0 Å². The van der Waals surface area contributed by atoms with Crippen LogP contribution in [0.3, 0.4) is 0 Å². The second kappa shape index (κ2) is 10.7. The second-order valence-corrected chi connectivity index (χ2v) is 9.70. The van der Waals surface area contributed by atoms with Crippen molar-refractivity contribution in [2.45, 2.75) is 44.8 Å². The van der Waals surface area contributed by atoms with Crippen LogP contribution >= 0.6 is 7.37 Å². The van der Waals surface area contributed by atoms with Gasteiger partial charge in [0.1, 0.15) is 12.2 Å². The van der Waals surface area contributed by atoms with Gasteiger partial charge in [0.25, 0.3) is 0 Å². The molecule has 28 heavy (non-hydrogen) atoms. The second-order valence-electron chi connectivity index (χ2n) is 7.05. The Kier molecular flexibility index (Phi) is 8.67. The zero-order valence-corrected chi connectivity index (χ0v) is 17.5. The third-order valence-corrected chi connectivity index (χ3v) is 7.48. The number of unbranched alkanes of at least 4 members (excludes halogenated alkanes) is 1. The SMILES string of the molecule is CCOP(=O)(CCCCc1ccccc1)CC(=O)N1CC(OC)C[C@H]1C(=O)O. The molecule has 2 unspecified atom stereocenters. The highest BCUT2D eigenvalue weighted by molar-refractivity contribution is 7.59. The quantitative estimate of drug-likeness (QED) is 0.444. The largest absolute Gasteiger partial charge is 0.480 e. The van der Waals surface area contributed by atoms with Crippen LogP contribution < -0.4 is 0 Å². The minimum absolute atomic E-state index is 0.201. The van der Waals surface area contributed by atoms with E-state index in [-0.39, 0.29) is 31.8 Å². The molecular weight excluding hydrogens is 381 g/mol. The van der Waals surface area contributed by atoms with Crippen LogP contribution in [0.4, 0.5) is 0 Å². The first-order chi connectivity index (χ1) is 13.4. The Balaban J connectivity index is 1.93. The molecule has 1 aromatic rings. The van der Waals surface area contributed by atoms with Crippen LogP contribution in [0.1, 0.15) is 31.7 Å². The van der Waals surface area contributed by atoms with Crippen molar-refractivity contribution in [2.24, 2.45) is 0 Å². The maximum absolute atomic E-state index is 13.2. The highest BCUT2D eigenvalue weighted by Crippen LogP contribution is 2.48. The van der Waals surface area contributed by atoms with Gasteiger partial charge in [0.05, 0.1) is 12.7 Å². The lowest BCUT2D eigenvalue weighted by molar-refractivity contribution is -0.147. The number of rotatable bonds is 11. The van der Waals surface area contributed by atoms with Gasteiger partial charge in [-0.05, 0) is 31.7 Å². The minimum atomic E-state index is -3.16.